The summed E-state index contributed by atoms with van der Waals surface area (Å²) in [5.41, 5.74) is 5.17. The van der Waals surface area contributed by atoms with Gasteiger partial charge in [0, 0.05) is 12.3 Å². The Hall–Kier alpha value is -3.67. The molecule has 1 atom stereocenters. The molecule has 1 aliphatic rings. The number of alkyl carbamates (subject to hydrolysis) is 1. The Labute approximate surface area is 179 Å². The molecule has 3 aromatic rings. The van der Waals surface area contributed by atoms with Gasteiger partial charge in [0.15, 0.2) is 0 Å². The van der Waals surface area contributed by atoms with Crippen molar-refractivity contribution in [2.24, 2.45) is 0 Å². The number of nitrogens with one attached hydrogen (secondary N) is 1. The van der Waals surface area contributed by atoms with Gasteiger partial charge in [0.1, 0.15) is 18.5 Å². The van der Waals surface area contributed by atoms with E-state index in [0.717, 1.165) is 22.3 Å². The molecule has 0 radical (unpaired) electrons. The Balaban J connectivity index is 1.44. The van der Waals surface area contributed by atoms with Crippen molar-refractivity contribution >= 4 is 12.1 Å². The number of carbonyl (C=O) groups excluding carboxylic acids is 2. The standard InChI is InChI=1S/C25H22FNO4/c1-30-24(28)23(14-16-10-12-17(26)13-11-16)27-25(29)31-15-22-20-8-4-2-6-18(20)19-7-3-5-9-21(19)22/h2-13,22-23H,14-15H2,1H3,(H,27,29)/t23-/m0/s1. The van der Waals surface area contributed by atoms with Crippen LogP contribution >= 0.6 is 0 Å². The molecule has 0 fully saturated rings. The molecule has 6 heteroatoms. The first kappa shape index (κ1) is 20.6. The third kappa shape index (κ3) is 4.43. The zero-order valence-electron chi connectivity index (χ0n) is 17.0. The number of esters is 1. The van der Waals surface area contributed by atoms with Gasteiger partial charge in [-0.2, -0.15) is 0 Å². The van der Waals surface area contributed by atoms with Crippen LogP contribution in [0.5, 0.6) is 0 Å². The van der Waals surface area contributed by atoms with Crippen LogP contribution in [0.25, 0.3) is 11.1 Å². The van der Waals surface area contributed by atoms with Crippen LogP contribution in [0.2, 0.25) is 0 Å². The summed E-state index contributed by atoms with van der Waals surface area (Å²) in [5, 5.41) is 2.57. The van der Waals surface area contributed by atoms with E-state index in [-0.39, 0.29) is 24.8 Å². The van der Waals surface area contributed by atoms with Gasteiger partial charge >= 0.3 is 12.1 Å². The van der Waals surface area contributed by atoms with Crippen LogP contribution in [0.15, 0.2) is 72.8 Å². The van der Waals surface area contributed by atoms with Crippen LogP contribution in [-0.4, -0.2) is 31.8 Å². The number of halogens is 1. The second-order valence-electron chi connectivity index (χ2n) is 7.38. The van der Waals surface area contributed by atoms with Crippen LogP contribution in [0.4, 0.5) is 9.18 Å². The van der Waals surface area contributed by atoms with Gasteiger partial charge in [-0.1, -0.05) is 60.7 Å². The quantitative estimate of drug-likeness (QED) is 0.600. The smallest absolute Gasteiger partial charge is 0.407 e. The second-order valence-corrected chi connectivity index (χ2v) is 7.38. The summed E-state index contributed by atoms with van der Waals surface area (Å²) in [7, 11) is 1.25. The van der Waals surface area contributed by atoms with E-state index < -0.39 is 18.1 Å². The molecule has 1 N–H and O–H groups in total. The predicted octanol–water partition coefficient (Wildman–Crippen LogP) is 4.45. The van der Waals surface area contributed by atoms with E-state index in [1.165, 1.54) is 19.2 Å². The van der Waals surface area contributed by atoms with E-state index in [9.17, 15) is 14.0 Å². The SMILES string of the molecule is COC(=O)[C@H](Cc1ccc(F)cc1)NC(=O)OCC1c2ccccc2-c2ccccc21. The van der Waals surface area contributed by atoms with Gasteiger partial charge in [0.05, 0.1) is 7.11 Å². The molecule has 3 aromatic carbocycles. The van der Waals surface area contributed by atoms with Gasteiger partial charge < -0.3 is 14.8 Å². The second kappa shape index (κ2) is 9.00. The minimum absolute atomic E-state index is 0.0770. The molecule has 1 aliphatic carbocycles. The summed E-state index contributed by atoms with van der Waals surface area (Å²) in [5.74, 6) is -1.05. The Morgan fingerprint density at radius 1 is 0.935 bits per heavy atom. The predicted molar refractivity (Wildman–Crippen MR) is 114 cm³/mol. The molecule has 0 heterocycles. The Bertz CT molecular complexity index is 1050. The third-order valence-corrected chi connectivity index (χ3v) is 5.47. The molecule has 1 amide bonds. The monoisotopic (exact) mass is 419 g/mol. The largest absolute Gasteiger partial charge is 0.467 e. The van der Waals surface area contributed by atoms with Crippen molar-refractivity contribution in [1.29, 1.82) is 0 Å². The summed E-state index contributed by atoms with van der Waals surface area (Å²) in [6.07, 6.45) is -0.545. The molecule has 0 saturated carbocycles. The number of benzene rings is 3. The molecule has 0 unspecified atom stereocenters. The highest BCUT2D eigenvalue weighted by molar-refractivity contribution is 5.82. The summed E-state index contributed by atoms with van der Waals surface area (Å²) < 4.78 is 23.4. The van der Waals surface area contributed by atoms with Crippen molar-refractivity contribution in [3.8, 4) is 11.1 Å². The van der Waals surface area contributed by atoms with Gasteiger partial charge in [-0.05, 0) is 39.9 Å². The van der Waals surface area contributed by atoms with Crippen molar-refractivity contribution in [2.45, 2.75) is 18.4 Å². The molecule has 0 saturated heterocycles. The first-order chi connectivity index (χ1) is 15.1. The van der Waals surface area contributed by atoms with Crippen molar-refractivity contribution in [3.63, 3.8) is 0 Å². The average molecular weight is 419 g/mol. The molecular formula is C25H22FNO4. The van der Waals surface area contributed by atoms with Gasteiger partial charge in [-0.15, -0.1) is 0 Å². The van der Waals surface area contributed by atoms with Crippen molar-refractivity contribution in [3.05, 3.63) is 95.3 Å². The van der Waals surface area contributed by atoms with E-state index in [2.05, 4.69) is 17.4 Å². The Morgan fingerprint density at radius 3 is 2.10 bits per heavy atom. The number of hydrogen-bond donors (Lipinski definition) is 1. The first-order valence-corrected chi connectivity index (χ1v) is 10.0. The third-order valence-electron chi connectivity index (χ3n) is 5.47. The van der Waals surface area contributed by atoms with Crippen LogP contribution in [0, 0.1) is 5.82 Å². The van der Waals surface area contributed by atoms with E-state index in [1.807, 2.05) is 36.4 Å². The summed E-state index contributed by atoms with van der Waals surface area (Å²) in [6.45, 7) is 0.143. The molecule has 4 rings (SSSR count). The molecule has 0 aromatic heterocycles. The fraction of sp³-hybridized carbons (Fsp3) is 0.200. The zero-order chi connectivity index (χ0) is 21.8. The lowest BCUT2D eigenvalue weighted by Gasteiger charge is -2.18. The van der Waals surface area contributed by atoms with Crippen LogP contribution in [-0.2, 0) is 20.7 Å². The van der Waals surface area contributed by atoms with Gasteiger partial charge in [0.25, 0.3) is 0 Å². The number of hydrogen-bond acceptors (Lipinski definition) is 4. The van der Waals surface area contributed by atoms with E-state index in [0.29, 0.717) is 5.56 Å². The maximum atomic E-state index is 13.1. The summed E-state index contributed by atoms with van der Waals surface area (Å²) in [4.78, 5) is 24.6. The van der Waals surface area contributed by atoms with E-state index in [1.54, 1.807) is 12.1 Å². The molecule has 0 bridgehead atoms. The lowest BCUT2D eigenvalue weighted by molar-refractivity contribution is -0.143. The number of rotatable bonds is 6. The number of carbonyl (C=O) groups is 2. The van der Waals surface area contributed by atoms with Crippen LogP contribution < -0.4 is 5.32 Å². The highest BCUT2D eigenvalue weighted by Gasteiger charge is 2.30. The Kier molecular flexibility index (Phi) is 5.98. The molecule has 5 nitrogen and oxygen atoms in total. The molecular weight excluding hydrogens is 397 g/mol. The maximum absolute atomic E-state index is 13.1. The molecule has 0 aliphatic heterocycles. The van der Waals surface area contributed by atoms with Crippen molar-refractivity contribution in [1.82, 2.24) is 5.32 Å². The van der Waals surface area contributed by atoms with Gasteiger partial charge in [-0.3, -0.25) is 0 Å². The Morgan fingerprint density at radius 2 is 1.52 bits per heavy atom. The average Bonchev–Trinajstić information content (AvgIpc) is 3.12. The highest BCUT2D eigenvalue weighted by atomic mass is 19.1. The number of fused-ring (bicyclic) bond motifs is 3. The molecule has 158 valence electrons. The lowest BCUT2D eigenvalue weighted by Crippen LogP contribution is -2.43. The summed E-state index contributed by atoms with van der Waals surface area (Å²) >= 11 is 0. The van der Waals surface area contributed by atoms with E-state index in [4.69, 9.17) is 9.47 Å². The topological polar surface area (TPSA) is 64.6 Å². The maximum Gasteiger partial charge on any atom is 0.407 e. The van der Waals surface area contributed by atoms with Gasteiger partial charge in [-0.25, -0.2) is 14.0 Å². The van der Waals surface area contributed by atoms with E-state index >= 15 is 0 Å². The van der Waals surface area contributed by atoms with Crippen LogP contribution in [0.1, 0.15) is 22.6 Å². The number of ether oxygens (including phenoxy) is 2. The zero-order valence-corrected chi connectivity index (χ0v) is 17.0. The molecule has 31 heavy (non-hydrogen) atoms. The normalized spacial score (nSPS) is 13.1. The summed E-state index contributed by atoms with van der Waals surface area (Å²) in [6, 6.07) is 20.9. The first-order valence-electron chi connectivity index (χ1n) is 10.0. The minimum Gasteiger partial charge on any atom is -0.467 e. The van der Waals surface area contributed by atoms with Crippen molar-refractivity contribution < 1.29 is 23.5 Å². The lowest BCUT2D eigenvalue weighted by atomic mass is 9.98. The number of amides is 1. The highest BCUT2D eigenvalue weighted by Crippen LogP contribution is 2.44. The number of methoxy groups -OCH3 is 1. The fourth-order valence-electron chi connectivity index (χ4n) is 3.97. The van der Waals surface area contributed by atoms with Gasteiger partial charge in [0.2, 0.25) is 0 Å². The molecule has 0 spiro atoms. The van der Waals surface area contributed by atoms with Crippen molar-refractivity contribution in [2.75, 3.05) is 13.7 Å². The minimum atomic E-state index is -0.939. The van der Waals surface area contributed by atoms with Crippen LogP contribution in [0.3, 0.4) is 0 Å². The fourth-order valence-corrected chi connectivity index (χ4v) is 3.97.